The molecule has 1 aliphatic heterocycles. The fraction of sp³-hybridized carbons (Fsp3) is 0.387. The van der Waals surface area contributed by atoms with E-state index in [2.05, 4.69) is 5.32 Å². The van der Waals surface area contributed by atoms with Crippen molar-refractivity contribution in [2.75, 3.05) is 27.4 Å². The predicted octanol–water partition coefficient (Wildman–Crippen LogP) is 4.95. The first-order valence-electron chi connectivity index (χ1n) is 13.3. The number of benzene rings is 2. The van der Waals surface area contributed by atoms with E-state index in [0.29, 0.717) is 52.7 Å². The molecule has 2 aromatic rings. The van der Waals surface area contributed by atoms with Gasteiger partial charge in [-0.25, -0.2) is 4.79 Å². The highest BCUT2D eigenvalue weighted by atomic mass is 16.6. The summed E-state index contributed by atoms with van der Waals surface area (Å²) in [5, 5.41) is 3.35. The third-order valence-electron chi connectivity index (χ3n) is 7.06. The van der Waals surface area contributed by atoms with E-state index < -0.39 is 17.9 Å². The minimum Gasteiger partial charge on any atom is -0.493 e. The Kier molecular flexibility index (Phi) is 8.82. The summed E-state index contributed by atoms with van der Waals surface area (Å²) in [5.41, 5.74) is 3.87. The summed E-state index contributed by atoms with van der Waals surface area (Å²) in [6, 6.07) is 10.8. The monoisotopic (exact) mass is 549 g/mol. The molecule has 0 bridgehead atoms. The molecule has 9 nitrogen and oxygen atoms in total. The first kappa shape index (κ1) is 28.7. The van der Waals surface area contributed by atoms with E-state index in [-0.39, 0.29) is 30.5 Å². The Balaban J connectivity index is 1.81. The van der Waals surface area contributed by atoms with Gasteiger partial charge in [0.2, 0.25) is 0 Å². The topological polar surface area (TPSA) is 109 Å². The van der Waals surface area contributed by atoms with E-state index in [1.807, 2.05) is 32.0 Å². The lowest BCUT2D eigenvalue weighted by molar-refractivity contribution is -0.139. The zero-order valence-corrected chi connectivity index (χ0v) is 23.7. The molecule has 0 aromatic heterocycles. The number of rotatable bonds is 9. The molecule has 9 heteroatoms. The van der Waals surface area contributed by atoms with Crippen LogP contribution in [0.15, 0.2) is 58.9 Å². The lowest BCUT2D eigenvalue weighted by Crippen LogP contribution is -2.36. The van der Waals surface area contributed by atoms with Crippen molar-refractivity contribution < 1.29 is 38.1 Å². The molecule has 0 fully saturated rings. The molecule has 2 atom stereocenters. The first-order valence-corrected chi connectivity index (χ1v) is 13.3. The number of ether oxygens (including phenoxy) is 5. The largest absolute Gasteiger partial charge is 0.493 e. The summed E-state index contributed by atoms with van der Waals surface area (Å²) >= 11 is 0. The van der Waals surface area contributed by atoms with Crippen LogP contribution >= 0.6 is 0 Å². The Labute approximate surface area is 234 Å². The fourth-order valence-electron chi connectivity index (χ4n) is 5.41. The second-order valence-corrected chi connectivity index (χ2v) is 9.58. The van der Waals surface area contributed by atoms with Crippen molar-refractivity contribution in [2.24, 2.45) is 0 Å². The number of carbonyl (C=O) groups excluding carboxylic acids is 3. The molecule has 2 aliphatic rings. The molecule has 0 saturated carbocycles. The molecular formula is C31H35NO8. The zero-order chi connectivity index (χ0) is 29.0. The van der Waals surface area contributed by atoms with Gasteiger partial charge in [0.05, 0.1) is 33.0 Å². The second-order valence-electron chi connectivity index (χ2n) is 9.58. The fourth-order valence-corrected chi connectivity index (χ4v) is 5.41. The average molecular weight is 550 g/mol. The van der Waals surface area contributed by atoms with Crippen molar-refractivity contribution in [2.45, 2.75) is 52.4 Å². The molecule has 2 aromatic carbocycles. The van der Waals surface area contributed by atoms with Gasteiger partial charge in [-0.15, -0.1) is 0 Å². The molecule has 0 radical (unpaired) electrons. The maximum absolute atomic E-state index is 13.9. The number of dihydropyridines is 1. The van der Waals surface area contributed by atoms with Gasteiger partial charge < -0.3 is 29.0 Å². The van der Waals surface area contributed by atoms with Crippen LogP contribution in [0.1, 0.15) is 63.5 Å². The van der Waals surface area contributed by atoms with Crippen molar-refractivity contribution in [3.05, 3.63) is 70.1 Å². The zero-order valence-electron chi connectivity index (χ0n) is 23.7. The van der Waals surface area contributed by atoms with Gasteiger partial charge in [0.25, 0.3) is 0 Å². The van der Waals surface area contributed by atoms with Crippen LogP contribution in [0.25, 0.3) is 0 Å². The number of allylic oxidation sites excluding steroid dienone is 3. The van der Waals surface area contributed by atoms with Crippen LogP contribution in [0.2, 0.25) is 0 Å². The molecule has 1 N–H and O–H groups in total. The maximum Gasteiger partial charge on any atom is 0.336 e. The van der Waals surface area contributed by atoms with Gasteiger partial charge in [-0.2, -0.15) is 0 Å². The minimum absolute atomic E-state index is 0.0742. The summed E-state index contributed by atoms with van der Waals surface area (Å²) in [6.07, 6.45) is 0.815. The molecule has 4 rings (SSSR count). The van der Waals surface area contributed by atoms with Crippen LogP contribution in [-0.4, -0.2) is 45.2 Å². The Hall–Kier alpha value is -4.27. The SMILES string of the molecule is CCOC(=O)C1=C(C)NC2=C(C(=O)C[C@@H](c3ccc(OC)c(OC)c3)C2)[C@H]1c1ccc(OC(C)=O)c(OCC)c1. The minimum atomic E-state index is -0.681. The number of nitrogens with one attached hydrogen (secondary N) is 1. The standard InChI is InChI=1S/C31H35NO8/c1-7-38-27-16-20(10-12-25(27)40-18(4)33)29-28(31(35)39-8-2)17(3)32-22-13-21(14-23(34)30(22)29)19-9-11-24(36-5)26(15-19)37-6/h9-12,15-16,21,29,32H,7-8,13-14H2,1-6H3/t21-,29-/m0/s1. The molecule has 1 heterocycles. The van der Waals surface area contributed by atoms with Crippen molar-refractivity contribution >= 4 is 17.7 Å². The van der Waals surface area contributed by atoms with Crippen LogP contribution in [0, 0.1) is 0 Å². The summed E-state index contributed by atoms with van der Waals surface area (Å²) in [5.74, 6) is -0.00142. The third kappa shape index (κ3) is 5.68. The lowest BCUT2D eigenvalue weighted by Gasteiger charge is -2.37. The average Bonchev–Trinajstić information content (AvgIpc) is 2.92. The Morgan fingerprint density at radius 2 is 1.57 bits per heavy atom. The van der Waals surface area contributed by atoms with Gasteiger partial charge in [-0.1, -0.05) is 12.1 Å². The van der Waals surface area contributed by atoms with Gasteiger partial charge in [0, 0.05) is 36.2 Å². The molecule has 0 saturated heterocycles. The van der Waals surface area contributed by atoms with Gasteiger partial charge in [0.1, 0.15) is 0 Å². The quantitative estimate of drug-likeness (QED) is 0.343. The number of hydrogen-bond donors (Lipinski definition) is 1. The van der Waals surface area contributed by atoms with E-state index in [1.54, 1.807) is 39.3 Å². The Bertz CT molecular complexity index is 1390. The number of methoxy groups -OCH3 is 2. The first-order chi connectivity index (χ1) is 19.2. The van der Waals surface area contributed by atoms with Crippen LogP contribution in [0.3, 0.4) is 0 Å². The molecule has 0 unspecified atom stereocenters. The van der Waals surface area contributed by atoms with E-state index in [0.717, 1.165) is 11.3 Å². The summed E-state index contributed by atoms with van der Waals surface area (Å²) in [4.78, 5) is 38.8. The smallest absolute Gasteiger partial charge is 0.336 e. The summed E-state index contributed by atoms with van der Waals surface area (Å²) < 4.78 is 27.4. The summed E-state index contributed by atoms with van der Waals surface area (Å²) in [7, 11) is 3.16. The van der Waals surface area contributed by atoms with Gasteiger partial charge in [0.15, 0.2) is 28.8 Å². The molecule has 0 spiro atoms. The lowest BCUT2D eigenvalue weighted by atomic mass is 9.71. The maximum atomic E-state index is 13.9. The van der Waals surface area contributed by atoms with Crippen LogP contribution < -0.4 is 24.3 Å². The highest BCUT2D eigenvalue weighted by Gasteiger charge is 2.41. The van der Waals surface area contributed by atoms with E-state index >= 15 is 0 Å². The predicted molar refractivity (Wildman–Crippen MR) is 148 cm³/mol. The molecule has 212 valence electrons. The van der Waals surface area contributed by atoms with Crippen molar-refractivity contribution in [1.29, 1.82) is 0 Å². The number of esters is 2. The molecular weight excluding hydrogens is 514 g/mol. The molecule has 0 amide bonds. The van der Waals surface area contributed by atoms with Crippen LogP contribution in [0.5, 0.6) is 23.0 Å². The number of hydrogen-bond acceptors (Lipinski definition) is 9. The van der Waals surface area contributed by atoms with Crippen molar-refractivity contribution in [3.8, 4) is 23.0 Å². The highest BCUT2D eigenvalue weighted by molar-refractivity contribution is 6.04. The normalized spacial score (nSPS) is 18.5. The van der Waals surface area contributed by atoms with E-state index in [9.17, 15) is 14.4 Å². The van der Waals surface area contributed by atoms with E-state index in [1.165, 1.54) is 6.92 Å². The number of carbonyl (C=O) groups is 3. The highest BCUT2D eigenvalue weighted by Crippen LogP contribution is 2.47. The van der Waals surface area contributed by atoms with Crippen LogP contribution in [0.4, 0.5) is 0 Å². The number of ketones is 1. The molecule has 1 aliphatic carbocycles. The summed E-state index contributed by atoms with van der Waals surface area (Å²) in [6.45, 7) is 7.22. The second kappa shape index (κ2) is 12.3. The van der Waals surface area contributed by atoms with Crippen molar-refractivity contribution in [1.82, 2.24) is 5.32 Å². The van der Waals surface area contributed by atoms with Gasteiger partial charge in [-0.05, 0) is 68.5 Å². The third-order valence-corrected chi connectivity index (χ3v) is 7.06. The van der Waals surface area contributed by atoms with Crippen molar-refractivity contribution in [3.63, 3.8) is 0 Å². The van der Waals surface area contributed by atoms with Gasteiger partial charge in [-0.3, -0.25) is 9.59 Å². The van der Waals surface area contributed by atoms with Crippen LogP contribution in [-0.2, 0) is 19.1 Å². The Morgan fingerprint density at radius 3 is 2.23 bits per heavy atom. The molecule has 40 heavy (non-hydrogen) atoms. The van der Waals surface area contributed by atoms with E-state index in [4.69, 9.17) is 23.7 Å². The Morgan fingerprint density at radius 1 is 0.900 bits per heavy atom. The van der Waals surface area contributed by atoms with Gasteiger partial charge >= 0.3 is 11.9 Å². The number of Topliss-reactive ketones (excluding diaryl/α,β-unsaturated/α-hetero) is 1.